The molecule has 0 heterocycles. The molecule has 0 saturated carbocycles. The van der Waals surface area contributed by atoms with Crippen molar-refractivity contribution in [1.82, 2.24) is 5.32 Å². The first-order chi connectivity index (χ1) is 12.4. The van der Waals surface area contributed by atoms with Gasteiger partial charge in [0.2, 0.25) is 0 Å². The Bertz CT molecular complexity index is 624. The van der Waals surface area contributed by atoms with E-state index >= 15 is 0 Å². The van der Waals surface area contributed by atoms with Crippen molar-refractivity contribution in [2.75, 3.05) is 0 Å². The van der Waals surface area contributed by atoms with Gasteiger partial charge in [0, 0.05) is 0 Å². The van der Waals surface area contributed by atoms with E-state index in [4.69, 9.17) is 14.2 Å². The predicted octanol–water partition coefficient (Wildman–Crippen LogP) is 4.07. The zero-order valence-electron chi connectivity index (χ0n) is 17.0. The lowest BCUT2D eigenvalue weighted by Crippen LogP contribution is -2.46. The van der Waals surface area contributed by atoms with Crippen LogP contribution in [0.3, 0.4) is 0 Å². The molecule has 152 valence electrons. The number of amides is 1. The SMILES string of the molecule is CC(C)[C@@H](OC(=O)[C@H](C)NC(=O)OC(C)(C)C)[C@H](C)Oc1ccc(F)cc1. The predicted molar refractivity (Wildman–Crippen MR) is 100 cm³/mol. The van der Waals surface area contributed by atoms with Crippen LogP contribution in [0.25, 0.3) is 0 Å². The van der Waals surface area contributed by atoms with Crippen LogP contribution < -0.4 is 10.1 Å². The van der Waals surface area contributed by atoms with Gasteiger partial charge in [-0.2, -0.15) is 0 Å². The van der Waals surface area contributed by atoms with Crippen LogP contribution in [-0.4, -0.2) is 35.9 Å². The van der Waals surface area contributed by atoms with Crippen LogP contribution in [0.5, 0.6) is 5.75 Å². The van der Waals surface area contributed by atoms with E-state index < -0.39 is 35.9 Å². The second-order valence-corrected chi connectivity index (χ2v) is 7.79. The van der Waals surface area contributed by atoms with Gasteiger partial charge in [-0.25, -0.2) is 14.0 Å². The molecule has 0 unspecified atom stereocenters. The molecule has 1 rings (SSSR count). The van der Waals surface area contributed by atoms with Crippen LogP contribution in [0.15, 0.2) is 24.3 Å². The fourth-order valence-electron chi connectivity index (χ4n) is 2.35. The van der Waals surface area contributed by atoms with Crippen LogP contribution >= 0.6 is 0 Å². The van der Waals surface area contributed by atoms with E-state index in [0.717, 1.165) is 0 Å². The summed E-state index contributed by atoms with van der Waals surface area (Å²) >= 11 is 0. The van der Waals surface area contributed by atoms with Crippen LogP contribution in [0.2, 0.25) is 0 Å². The molecule has 0 spiro atoms. The molecule has 7 heteroatoms. The largest absolute Gasteiger partial charge is 0.487 e. The summed E-state index contributed by atoms with van der Waals surface area (Å²) in [7, 11) is 0. The summed E-state index contributed by atoms with van der Waals surface area (Å²) in [6.45, 7) is 12.3. The van der Waals surface area contributed by atoms with Crippen molar-refractivity contribution < 1.29 is 28.2 Å². The first kappa shape index (κ1) is 22.7. The Kier molecular flexibility index (Phi) is 8.06. The van der Waals surface area contributed by atoms with E-state index in [1.165, 1.54) is 31.2 Å². The molecule has 0 aliphatic rings. The van der Waals surface area contributed by atoms with Gasteiger partial charge in [0.05, 0.1) is 0 Å². The average Bonchev–Trinajstić information content (AvgIpc) is 2.52. The van der Waals surface area contributed by atoms with Gasteiger partial charge in [-0.05, 0) is 64.8 Å². The molecule has 1 amide bonds. The van der Waals surface area contributed by atoms with E-state index in [1.54, 1.807) is 27.7 Å². The summed E-state index contributed by atoms with van der Waals surface area (Å²) < 4.78 is 29.5. The van der Waals surface area contributed by atoms with Crippen molar-refractivity contribution in [3.63, 3.8) is 0 Å². The summed E-state index contributed by atoms with van der Waals surface area (Å²) in [6, 6.07) is 4.74. The zero-order chi connectivity index (χ0) is 20.8. The van der Waals surface area contributed by atoms with Crippen LogP contribution in [0, 0.1) is 11.7 Å². The number of alkyl carbamates (subject to hydrolysis) is 1. The molecular weight excluding hydrogens is 353 g/mol. The Hall–Kier alpha value is -2.31. The van der Waals surface area contributed by atoms with E-state index in [2.05, 4.69) is 5.32 Å². The number of carbonyl (C=O) groups excluding carboxylic acids is 2. The van der Waals surface area contributed by atoms with E-state index in [0.29, 0.717) is 5.75 Å². The molecule has 0 aromatic heterocycles. The number of nitrogens with one attached hydrogen (secondary N) is 1. The molecule has 27 heavy (non-hydrogen) atoms. The number of esters is 1. The first-order valence-corrected chi connectivity index (χ1v) is 9.01. The monoisotopic (exact) mass is 383 g/mol. The van der Waals surface area contributed by atoms with E-state index in [9.17, 15) is 14.0 Å². The number of carbonyl (C=O) groups is 2. The Morgan fingerprint density at radius 2 is 1.59 bits per heavy atom. The van der Waals surface area contributed by atoms with Gasteiger partial charge in [0.15, 0.2) is 0 Å². The number of halogens is 1. The van der Waals surface area contributed by atoms with Crippen LogP contribution in [-0.2, 0) is 14.3 Å². The molecule has 0 bridgehead atoms. The topological polar surface area (TPSA) is 73.9 Å². The minimum Gasteiger partial charge on any atom is -0.487 e. The number of ether oxygens (including phenoxy) is 3. The van der Waals surface area contributed by atoms with Gasteiger partial charge in [0.25, 0.3) is 0 Å². The molecule has 1 aromatic carbocycles. The Morgan fingerprint density at radius 1 is 1.04 bits per heavy atom. The highest BCUT2D eigenvalue weighted by molar-refractivity contribution is 5.81. The molecule has 0 aliphatic heterocycles. The summed E-state index contributed by atoms with van der Waals surface area (Å²) in [6.07, 6.45) is -1.71. The maximum Gasteiger partial charge on any atom is 0.408 e. The van der Waals surface area contributed by atoms with Gasteiger partial charge in [-0.1, -0.05) is 13.8 Å². The normalized spacial score (nSPS) is 14.9. The number of hydrogen-bond donors (Lipinski definition) is 1. The fourth-order valence-corrected chi connectivity index (χ4v) is 2.35. The standard InChI is InChI=1S/C20H30FNO5/c1-12(2)17(14(4)25-16-10-8-15(21)9-11-16)26-18(23)13(3)22-19(24)27-20(5,6)7/h8-14,17H,1-7H3,(H,22,24)/t13-,14-,17+/m0/s1. The lowest BCUT2D eigenvalue weighted by Gasteiger charge is -2.29. The summed E-state index contributed by atoms with van der Waals surface area (Å²) in [5.74, 6) is -0.498. The van der Waals surface area contributed by atoms with Gasteiger partial charge in [0.1, 0.15) is 35.4 Å². The summed E-state index contributed by atoms with van der Waals surface area (Å²) in [5.41, 5.74) is -0.661. The molecule has 1 aromatic rings. The third-order valence-electron chi connectivity index (χ3n) is 3.59. The maximum atomic E-state index is 13.0. The van der Waals surface area contributed by atoms with Gasteiger partial charge < -0.3 is 19.5 Å². The first-order valence-electron chi connectivity index (χ1n) is 9.01. The van der Waals surface area contributed by atoms with Crippen molar-refractivity contribution in [2.45, 2.75) is 72.3 Å². The summed E-state index contributed by atoms with van der Waals surface area (Å²) in [5, 5.41) is 2.46. The van der Waals surface area contributed by atoms with Crippen LogP contribution in [0.1, 0.15) is 48.5 Å². The van der Waals surface area contributed by atoms with E-state index in [-0.39, 0.29) is 11.7 Å². The maximum absolute atomic E-state index is 13.0. The number of hydrogen-bond acceptors (Lipinski definition) is 5. The lowest BCUT2D eigenvalue weighted by molar-refractivity contribution is -0.158. The third kappa shape index (κ3) is 8.28. The Morgan fingerprint density at radius 3 is 2.07 bits per heavy atom. The number of benzene rings is 1. The Balaban J connectivity index is 2.67. The van der Waals surface area contributed by atoms with Crippen molar-refractivity contribution in [3.8, 4) is 5.75 Å². The molecular formula is C20H30FNO5. The van der Waals surface area contributed by atoms with E-state index in [1.807, 2.05) is 13.8 Å². The zero-order valence-corrected chi connectivity index (χ0v) is 17.0. The van der Waals surface area contributed by atoms with Crippen molar-refractivity contribution in [3.05, 3.63) is 30.1 Å². The van der Waals surface area contributed by atoms with Crippen molar-refractivity contribution in [1.29, 1.82) is 0 Å². The fraction of sp³-hybridized carbons (Fsp3) is 0.600. The smallest absolute Gasteiger partial charge is 0.408 e. The highest BCUT2D eigenvalue weighted by Gasteiger charge is 2.30. The van der Waals surface area contributed by atoms with Crippen molar-refractivity contribution in [2.24, 2.45) is 5.92 Å². The molecule has 6 nitrogen and oxygen atoms in total. The average molecular weight is 383 g/mol. The van der Waals surface area contributed by atoms with Gasteiger partial charge in [-0.15, -0.1) is 0 Å². The third-order valence-corrected chi connectivity index (χ3v) is 3.59. The Labute approximate surface area is 160 Å². The minimum absolute atomic E-state index is 0.0295. The van der Waals surface area contributed by atoms with Gasteiger partial charge in [-0.3, -0.25) is 0 Å². The second kappa shape index (κ2) is 9.58. The minimum atomic E-state index is -0.876. The molecule has 0 aliphatic carbocycles. The molecule has 3 atom stereocenters. The van der Waals surface area contributed by atoms with Crippen LogP contribution in [0.4, 0.5) is 9.18 Å². The summed E-state index contributed by atoms with van der Waals surface area (Å²) in [4.78, 5) is 24.2. The lowest BCUT2D eigenvalue weighted by atomic mass is 10.0. The molecule has 0 saturated heterocycles. The molecule has 0 fully saturated rings. The quantitative estimate of drug-likeness (QED) is 0.719. The second-order valence-electron chi connectivity index (χ2n) is 7.79. The molecule has 0 radical (unpaired) electrons. The highest BCUT2D eigenvalue weighted by Crippen LogP contribution is 2.20. The number of rotatable bonds is 7. The molecule has 1 N–H and O–H groups in total. The van der Waals surface area contributed by atoms with Gasteiger partial charge >= 0.3 is 12.1 Å². The van der Waals surface area contributed by atoms with Crippen molar-refractivity contribution >= 4 is 12.1 Å². The highest BCUT2D eigenvalue weighted by atomic mass is 19.1.